The Labute approximate surface area is 130 Å². The molecule has 0 radical (unpaired) electrons. The maximum absolute atomic E-state index is 11.7. The van der Waals surface area contributed by atoms with E-state index in [4.69, 9.17) is 0 Å². The molecule has 0 saturated carbocycles. The van der Waals surface area contributed by atoms with Gasteiger partial charge in [0.2, 0.25) is 5.91 Å². The van der Waals surface area contributed by atoms with Gasteiger partial charge in [0.05, 0.1) is 5.75 Å². The Kier molecular flexibility index (Phi) is 5.10. The molecule has 1 aliphatic rings. The number of carbonyl (C=O) groups excluding carboxylic acids is 4. The molecule has 22 heavy (non-hydrogen) atoms. The van der Waals surface area contributed by atoms with Crippen LogP contribution in [0.2, 0.25) is 0 Å². The topological polar surface area (TPSA) is 108 Å². The number of pyridine rings is 1. The monoisotopic (exact) mass is 322 g/mol. The van der Waals surface area contributed by atoms with E-state index >= 15 is 0 Å². The van der Waals surface area contributed by atoms with Crippen molar-refractivity contribution in [3.8, 4) is 0 Å². The molecule has 2 heterocycles. The fourth-order valence-electron chi connectivity index (χ4n) is 1.74. The Hall–Kier alpha value is -2.42. The summed E-state index contributed by atoms with van der Waals surface area (Å²) in [6.45, 7) is 1.82. The number of hydrogen-bond donors (Lipinski definition) is 2. The molecule has 1 aromatic rings. The zero-order valence-corrected chi connectivity index (χ0v) is 12.6. The van der Waals surface area contributed by atoms with E-state index in [1.165, 1.54) is 6.20 Å². The first-order chi connectivity index (χ1) is 10.5. The number of aromatic nitrogens is 1. The maximum Gasteiger partial charge on any atom is 0.314 e. The van der Waals surface area contributed by atoms with Crippen LogP contribution in [0.5, 0.6) is 0 Å². The molecule has 0 aliphatic carbocycles. The van der Waals surface area contributed by atoms with E-state index < -0.39 is 11.8 Å². The molecule has 1 saturated heterocycles. The maximum atomic E-state index is 11.7. The summed E-state index contributed by atoms with van der Waals surface area (Å²) in [5.74, 6) is -1.57. The molecule has 0 spiro atoms. The highest BCUT2D eigenvalue weighted by molar-refractivity contribution is 8.14. The fraction of sp³-hybridized carbons (Fsp3) is 0.308. The second kappa shape index (κ2) is 7.03. The van der Waals surface area contributed by atoms with Gasteiger partial charge in [-0.05, 0) is 18.6 Å². The quantitative estimate of drug-likeness (QED) is 0.763. The number of carbonyl (C=O) groups is 4. The number of amides is 4. The highest BCUT2D eigenvalue weighted by atomic mass is 32.2. The number of imide groups is 1. The predicted octanol–water partition coefficient (Wildman–Crippen LogP) is 0.140. The Morgan fingerprint density at radius 1 is 1.36 bits per heavy atom. The average Bonchev–Trinajstić information content (AvgIpc) is 2.81. The lowest BCUT2D eigenvalue weighted by molar-refractivity contribution is -0.136. The number of rotatable bonds is 4. The first kappa shape index (κ1) is 16.0. The summed E-state index contributed by atoms with van der Waals surface area (Å²) < 4.78 is 0. The van der Waals surface area contributed by atoms with Crippen LogP contribution in [0.3, 0.4) is 0 Å². The molecule has 0 unspecified atom stereocenters. The molecular weight excluding hydrogens is 308 g/mol. The number of nitrogens with zero attached hydrogens (tertiary/aromatic N) is 2. The molecule has 1 aliphatic heterocycles. The summed E-state index contributed by atoms with van der Waals surface area (Å²) in [7, 11) is 0. The average molecular weight is 322 g/mol. The Bertz CT molecular complexity index is 618. The van der Waals surface area contributed by atoms with Crippen molar-refractivity contribution in [2.45, 2.75) is 6.92 Å². The minimum Gasteiger partial charge on any atom is -0.346 e. The number of thioether (sulfide) groups is 1. The zero-order chi connectivity index (χ0) is 16.1. The molecule has 8 nitrogen and oxygen atoms in total. The zero-order valence-electron chi connectivity index (χ0n) is 11.8. The lowest BCUT2D eigenvalue weighted by Crippen LogP contribution is -2.41. The Balaban J connectivity index is 1.80. The summed E-state index contributed by atoms with van der Waals surface area (Å²) in [6.07, 6.45) is 1.50. The highest BCUT2D eigenvalue weighted by Gasteiger charge is 2.29. The molecule has 0 atom stereocenters. The first-order valence-electron chi connectivity index (χ1n) is 6.47. The van der Waals surface area contributed by atoms with Crippen molar-refractivity contribution in [3.63, 3.8) is 0 Å². The third kappa shape index (κ3) is 3.82. The van der Waals surface area contributed by atoms with Crippen LogP contribution >= 0.6 is 11.8 Å². The van der Waals surface area contributed by atoms with Crippen LogP contribution in [0, 0.1) is 6.92 Å². The van der Waals surface area contributed by atoms with E-state index in [9.17, 15) is 19.2 Å². The van der Waals surface area contributed by atoms with E-state index in [1.807, 2.05) is 0 Å². The molecule has 0 aromatic carbocycles. The van der Waals surface area contributed by atoms with Gasteiger partial charge < -0.3 is 10.6 Å². The predicted molar refractivity (Wildman–Crippen MR) is 80.2 cm³/mol. The second-order valence-electron chi connectivity index (χ2n) is 4.48. The molecule has 2 rings (SSSR count). The third-order valence-corrected chi connectivity index (χ3v) is 3.77. The van der Waals surface area contributed by atoms with Crippen molar-refractivity contribution < 1.29 is 19.2 Å². The molecule has 1 aromatic heterocycles. The summed E-state index contributed by atoms with van der Waals surface area (Å²) >= 11 is 0.919. The molecule has 1 fully saturated rings. The van der Waals surface area contributed by atoms with Gasteiger partial charge in [0.1, 0.15) is 5.82 Å². The smallest absolute Gasteiger partial charge is 0.314 e. The molecule has 116 valence electrons. The van der Waals surface area contributed by atoms with Crippen molar-refractivity contribution in [2.24, 2.45) is 0 Å². The van der Waals surface area contributed by atoms with Gasteiger partial charge in [-0.2, -0.15) is 0 Å². The summed E-state index contributed by atoms with van der Waals surface area (Å²) in [6, 6.07) is 3.47. The van der Waals surface area contributed by atoms with E-state index in [0.717, 1.165) is 22.2 Å². The molecule has 9 heteroatoms. The third-order valence-electron chi connectivity index (χ3n) is 2.91. The second-order valence-corrected chi connectivity index (χ2v) is 5.41. The van der Waals surface area contributed by atoms with E-state index in [1.54, 1.807) is 19.1 Å². The van der Waals surface area contributed by atoms with Crippen molar-refractivity contribution in [2.75, 3.05) is 24.2 Å². The van der Waals surface area contributed by atoms with Crippen LogP contribution in [0.15, 0.2) is 18.3 Å². The van der Waals surface area contributed by atoms with Crippen LogP contribution < -0.4 is 10.6 Å². The van der Waals surface area contributed by atoms with Gasteiger partial charge in [-0.3, -0.25) is 24.1 Å². The van der Waals surface area contributed by atoms with Crippen molar-refractivity contribution in [1.29, 1.82) is 0 Å². The number of anilines is 1. The summed E-state index contributed by atoms with van der Waals surface area (Å²) in [5.41, 5.74) is 0.730. The van der Waals surface area contributed by atoms with Crippen molar-refractivity contribution in [1.82, 2.24) is 15.2 Å². The lowest BCUT2D eigenvalue weighted by atomic mass is 10.3. The number of aryl methyl sites for hydroxylation is 1. The van der Waals surface area contributed by atoms with E-state index in [2.05, 4.69) is 15.6 Å². The number of nitrogens with one attached hydrogen (secondary N) is 2. The fourth-order valence-corrected chi connectivity index (χ4v) is 2.49. The largest absolute Gasteiger partial charge is 0.346 e. The van der Waals surface area contributed by atoms with Crippen molar-refractivity contribution >= 4 is 40.5 Å². The SMILES string of the molecule is Cc1cccnc1NC(=O)C(=O)NCCN1C(=O)CSC1=O. The molecule has 0 bridgehead atoms. The van der Waals surface area contributed by atoms with Gasteiger partial charge >= 0.3 is 11.8 Å². The van der Waals surface area contributed by atoms with Crippen molar-refractivity contribution in [3.05, 3.63) is 23.9 Å². The molecular formula is C13H14N4O4S. The number of hydrogen-bond acceptors (Lipinski definition) is 6. The molecule has 4 amide bonds. The van der Waals surface area contributed by atoms with E-state index in [0.29, 0.717) is 5.82 Å². The van der Waals surface area contributed by atoms with E-state index in [-0.39, 0.29) is 30.0 Å². The Morgan fingerprint density at radius 2 is 2.14 bits per heavy atom. The van der Waals surface area contributed by atoms with Gasteiger partial charge in [0.25, 0.3) is 5.24 Å². The van der Waals surface area contributed by atoms with Gasteiger partial charge in [-0.25, -0.2) is 4.98 Å². The minimum absolute atomic E-state index is 0.0193. The summed E-state index contributed by atoms with van der Waals surface area (Å²) in [4.78, 5) is 51.1. The van der Waals surface area contributed by atoms with Gasteiger partial charge in [0.15, 0.2) is 0 Å². The normalized spacial score (nSPS) is 14.1. The van der Waals surface area contributed by atoms with Crippen LogP contribution in [-0.4, -0.2) is 51.7 Å². The minimum atomic E-state index is -0.852. The van der Waals surface area contributed by atoms with Gasteiger partial charge in [-0.1, -0.05) is 17.8 Å². The summed E-state index contributed by atoms with van der Waals surface area (Å²) in [5, 5.41) is 4.41. The van der Waals surface area contributed by atoms with Crippen LogP contribution in [-0.2, 0) is 14.4 Å². The van der Waals surface area contributed by atoms with Crippen LogP contribution in [0.1, 0.15) is 5.56 Å². The van der Waals surface area contributed by atoms with Crippen LogP contribution in [0.4, 0.5) is 10.6 Å². The highest BCUT2D eigenvalue weighted by Crippen LogP contribution is 2.17. The molecule has 2 N–H and O–H groups in total. The van der Waals surface area contributed by atoms with Gasteiger partial charge in [0, 0.05) is 19.3 Å². The lowest BCUT2D eigenvalue weighted by Gasteiger charge is -2.13. The van der Waals surface area contributed by atoms with Crippen LogP contribution in [0.25, 0.3) is 0 Å². The Morgan fingerprint density at radius 3 is 2.77 bits per heavy atom. The first-order valence-corrected chi connectivity index (χ1v) is 7.45. The van der Waals surface area contributed by atoms with Gasteiger partial charge in [-0.15, -0.1) is 0 Å². The standard InChI is InChI=1S/C13H14N4O4S/c1-8-3-2-4-14-10(8)16-12(20)11(19)15-5-6-17-9(18)7-22-13(17)21/h2-4H,5-7H2,1H3,(H,15,19)(H,14,16,20).